The molecule has 0 atom stereocenters. The average molecular weight is 426 g/mol. The van der Waals surface area contributed by atoms with Gasteiger partial charge >= 0.3 is 0 Å². The largest absolute Gasteiger partial charge is 0.369 e. The number of carbonyl (C=O) groups is 1. The zero-order valence-electron chi connectivity index (χ0n) is 18.2. The number of hydrogen-bond acceptors (Lipinski definition) is 5. The van der Waals surface area contributed by atoms with Crippen molar-refractivity contribution in [3.05, 3.63) is 29.6 Å². The van der Waals surface area contributed by atoms with Gasteiger partial charge in [-0.3, -0.25) is 9.69 Å². The summed E-state index contributed by atoms with van der Waals surface area (Å²) in [4.78, 5) is 16.6. The Morgan fingerprint density at radius 3 is 2.55 bits per heavy atom. The minimum atomic E-state index is -0.460. The Morgan fingerprint density at radius 2 is 1.87 bits per heavy atom. The summed E-state index contributed by atoms with van der Waals surface area (Å²) in [5, 5.41) is 20.7. The first-order chi connectivity index (χ1) is 15.1. The molecule has 3 rings (SSSR count). The van der Waals surface area contributed by atoms with E-state index in [1.807, 2.05) is 6.07 Å². The maximum Gasteiger partial charge on any atom is 0.220 e. The van der Waals surface area contributed by atoms with E-state index in [1.54, 1.807) is 12.1 Å². The summed E-state index contributed by atoms with van der Waals surface area (Å²) in [7, 11) is 0. The SMILES string of the molecule is N#CCCCC(=O)N[C@H]1CC[C@H](CCN2CCN(c3ccc(F)c(C#N)c3)CC2)CC1. The second-order valence-electron chi connectivity index (χ2n) is 8.69. The molecule has 7 heteroatoms. The van der Waals surface area contributed by atoms with Crippen molar-refractivity contribution in [3.8, 4) is 12.1 Å². The molecule has 6 nitrogen and oxygen atoms in total. The van der Waals surface area contributed by atoms with Crippen LogP contribution >= 0.6 is 0 Å². The van der Waals surface area contributed by atoms with E-state index in [-0.39, 0.29) is 11.5 Å². The fraction of sp³-hybridized carbons (Fsp3) is 0.625. The molecule has 1 amide bonds. The van der Waals surface area contributed by atoms with Gasteiger partial charge in [0.1, 0.15) is 11.9 Å². The van der Waals surface area contributed by atoms with Gasteiger partial charge < -0.3 is 10.2 Å². The third-order valence-electron chi connectivity index (χ3n) is 6.57. The molecular weight excluding hydrogens is 393 g/mol. The highest BCUT2D eigenvalue weighted by atomic mass is 19.1. The summed E-state index contributed by atoms with van der Waals surface area (Å²) in [6, 6.07) is 9.07. The first kappa shape index (κ1) is 23.0. The van der Waals surface area contributed by atoms with Gasteiger partial charge in [0, 0.05) is 50.7 Å². The molecule has 0 spiro atoms. The average Bonchev–Trinajstić information content (AvgIpc) is 2.79. The Bertz CT molecular complexity index is 814. The standard InChI is InChI=1S/C24H32FN5O/c25-23-9-8-22(17-20(23)18-27)30-15-13-29(14-16-30)12-10-19-4-6-21(7-5-19)28-24(31)3-1-2-11-26/h8-9,17,19,21H,1-7,10,12-16H2,(H,28,31)/t19-,21-. The van der Waals surface area contributed by atoms with Crippen LogP contribution in [-0.4, -0.2) is 49.6 Å². The maximum absolute atomic E-state index is 13.5. The predicted molar refractivity (Wildman–Crippen MR) is 118 cm³/mol. The van der Waals surface area contributed by atoms with E-state index in [4.69, 9.17) is 10.5 Å². The van der Waals surface area contributed by atoms with Crippen LogP contribution < -0.4 is 10.2 Å². The number of halogens is 1. The predicted octanol–water partition coefficient (Wildman–Crippen LogP) is 3.58. The lowest BCUT2D eigenvalue weighted by Crippen LogP contribution is -2.47. The number of carbonyl (C=O) groups excluding carboxylic acids is 1. The summed E-state index contributed by atoms with van der Waals surface area (Å²) < 4.78 is 13.5. The number of hydrogen-bond donors (Lipinski definition) is 1. The van der Waals surface area contributed by atoms with Crippen molar-refractivity contribution in [1.29, 1.82) is 10.5 Å². The van der Waals surface area contributed by atoms with Gasteiger partial charge in [-0.25, -0.2) is 4.39 Å². The number of benzene rings is 1. The molecule has 0 bridgehead atoms. The molecule has 1 N–H and O–H groups in total. The molecule has 166 valence electrons. The van der Waals surface area contributed by atoms with Crippen LogP contribution in [-0.2, 0) is 4.79 Å². The van der Waals surface area contributed by atoms with Crippen LogP contribution in [0.2, 0.25) is 0 Å². The molecule has 1 saturated carbocycles. The van der Waals surface area contributed by atoms with Gasteiger partial charge in [0.15, 0.2) is 0 Å². The van der Waals surface area contributed by atoms with Crippen LogP contribution in [0.15, 0.2) is 18.2 Å². The van der Waals surface area contributed by atoms with E-state index in [9.17, 15) is 9.18 Å². The molecule has 0 radical (unpaired) electrons. The van der Waals surface area contributed by atoms with Crippen LogP contribution in [0.5, 0.6) is 0 Å². The van der Waals surface area contributed by atoms with Gasteiger partial charge in [0.05, 0.1) is 11.6 Å². The van der Waals surface area contributed by atoms with Gasteiger partial charge in [-0.05, 0) is 69.2 Å². The zero-order chi connectivity index (χ0) is 22.1. The van der Waals surface area contributed by atoms with Gasteiger partial charge in [0.25, 0.3) is 0 Å². The Kier molecular flexibility index (Phi) is 8.67. The molecule has 0 unspecified atom stereocenters. The molecule has 2 fully saturated rings. The number of nitriles is 2. The molecule has 1 aromatic rings. The number of amides is 1. The highest BCUT2D eigenvalue weighted by Crippen LogP contribution is 2.27. The summed E-state index contributed by atoms with van der Waals surface area (Å²) in [6.07, 6.45) is 7.16. The minimum absolute atomic E-state index is 0.0830. The summed E-state index contributed by atoms with van der Waals surface area (Å²) in [5.74, 6) is 0.345. The molecule has 1 saturated heterocycles. The van der Waals surface area contributed by atoms with Gasteiger partial charge in [0.2, 0.25) is 5.91 Å². The maximum atomic E-state index is 13.5. The normalized spacial score (nSPS) is 21.8. The van der Waals surface area contributed by atoms with Crippen LogP contribution in [0, 0.1) is 34.4 Å². The molecule has 1 aromatic carbocycles. The van der Waals surface area contributed by atoms with Gasteiger partial charge in [-0.1, -0.05) is 0 Å². The van der Waals surface area contributed by atoms with Crippen LogP contribution in [0.4, 0.5) is 10.1 Å². The second-order valence-corrected chi connectivity index (χ2v) is 8.69. The first-order valence-corrected chi connectivity index (χ1v) is 11.4. The van der Waals surface area contributed by atoms with Gasteiger partial charge in [-0.15, -0.1) is 0 Å². The van der Waals surface area contributed by atoms with Gasteiger partial charge in [-0.2, -0.15) is 10.5 Å². The fourth-order valence-electron chi connectivity index (χ4n) is 4.61. The lowest BCUT2D eigenvalue weighted by molar-refractivity contribution is -0.122. The molecular formula is C24H32FN5O. The number of unbranched alkanes of at least 4 members (excludes halogenated alkanes) is 1. The third-order valence-corrected chi connectivity index (χ3v) is 6.57. The summed E-state index contributed by atoms with van der Waals surface area (Å²) in [5.41, 5.74) is 1.03. The number of anilines is 1. The molecule has 31 heavy (non-hydrogen) atoms. The smallest absolute Gasteiger partial charge is 0.220 e. The molecule has 1 aliphatic heterocycles. The summed E-state index contributed by atoms with van der Waals surface area (Å²) >= 11 is 0. The van der Waals surface area contributed by atoms with E-state index in [2.05, 4.69) is 21.2 Å². The minimum Gasteiger partial charge on any atom is -0.369 e. The van der Waals surface area contributed by atoms with Crippen molar-refractivity contribution >= 4 is 11.6 Å². The van der Waals surface area contributed by atoms with E-state index in [1.165, 1.54) is 12.5 Å². The third kappa shape index (κ3) is 6.94. The van der Waals surface area contributed by atoms with E-state index >= 15 is 0 Å². The second kappa shape index (κ2) is 11.7. The van der Waals surface area contributed by atoms with Crippen LogP contribution in [0.1, 0.15) is 56.9 Å². The van der Waals surface area contributed by atoms with Crippen molar-refractivity contribution < 1.29 is 9.18 Å². The quantitative estimate of drug-likeness (QED) is 0.644. The van der Waals surface area contributed by atoms with Crippen LogP contribution in [0.25, 0.3) is 0 Å². The Hall–Kier alpha value is -2.64. The molecule has 1 aliphatic carbocycles. The van der Waals surface area contributed by atoms with E-state index in [0.29, 0.717) is 25.3 Å². The molecule has 2 aliphatic rings. The first-order valence-electron chi connectivity index (χ1n) is 11.4. The van der Waals surface area contributed by atoms with Crippen molar-refractivity contribution in [1.82, 2.24) is 10.2 Å². The number of rotatable bonds is 8. The van der Waals surface area contributed by atoms with Crippen molar-refractivity contribution in [2.24, 2.45) is 5.92 Å². The molecule has 0 aromatic heterocycles. The Labute approximate surface area is 184 Å². The highest BCUT2D eigenvalue weighted by Gasteiger charge is 2.24. The van der Waals surface area contributed by atoms with Crippen LogP contribution in [0.3, 0.4) is 0 Å². The zero-order valence-corrected chi connectivity index (χ0v) is 18.2. The fourth-order valence-corrected chi connectivity index (χ4v) is 4.61. The topological polar surface area (TPSA) is 83.2 Å². The number of piperazine rings is 1. The van der Waals surface area contributed by atoms with E-state index in [0.717, 1.165) is 70.0 Å². The highest BCUT2D eigenvalue weighted by molar-refractivity contribution is 5.76. The lowest BCUT2D eigenvalue weighted by Gasteiger charge is -2.37. The Balaban J connectivity index is 1.32. The van der Waals surface area contributed by atoms with Crippen molar-refractivity contribution in [3.63, 3.8) is 0 Å². The van der Waals surface area contributed by atoms with Crippen molar-refractivity contribution in [2.75, 3.05) is 37.6 Å². The van der Waals surface area contributed by atoms with E-state index < -0.39 is 5.82 Å². The molecule has 1 heterocycles. The monoisotopic (exact) mass is 425 g/mol. The summed E-state index contributed by atoms with van der Waals surface area (Å²) in [6.45, 7) is 4.83. The lowest BCUT2D eigenvalue weighted by atomic mass is 9.84. The Morgan fingerprint density at radius 1 is 1.13 bits per heavy atom. The van der Waals surface area contributed by atoms with Crippen molar-refractivity contribution in [2.45, 2.75) is 57.4 Å². The number of nitrogens with zero attached hydrogens (tertiary/aromatic N) is 4. The number of nitrogens with one attached hydrogen (secondary N) is 1.